The molecule has 1 fully saturated rings. The molecule has 2 rings (SSSR count). The first-order chi connectivity index (χ1) is 9.86. The Morgan fingerprint density at radius 3 is 2.71 bits per heavy atom. The van der Waals surface area contributed by atoms with E-state index in [9.17, 15) is 8.42 Å². The normalized spacial score (nSPS) is 21.4. The van der Waals surface area contributed by atoms with E-state index in [0.29, 0.717) is 24.6 Å². The molecular weight excluding hydrogens is 288 g/mol. The molecule has 1 saturated heterocycles. The van der Waals surface area contributed by atoms with Gasteiger partial charge in [0.1, 0.15) is 5.75 Å². The van der Waals surface area contributed by atoms with E-state index in [4.69, 9.17) is 10.5 Å². The summed E-state index contributed by atoms with van der Waals surface area (Å²) in [5, 5.41) is 0. The number of rotatable bonds is 5. The number of ether oxygens (including phenoxy) is 1. The fraction of sp³-hybridized carbons (Fsp3) is 0.600. The van der Waals surface area contributed by atoms with Gasteiger partial charge in [-0.25, -0.2) is 8.42 Å². The first kappa shape index (κ1) is 16.3. The summed E-state index contributed by atoms with van der Waals surface area (Å²) in [5.74, 6) is 0.967. The van der Waals surface area contributed by atoms with Gasteiger partial charge in [-0.15, -0.1) is 0 Å². The molecule has 0 amide bonds. The van der Waals surface area contributed by atoms with Gasteiger partial charge in [0, 0.05) is 19.1 Å². The molecule has 0 spiro atoms. The van der Waals surface area contributed by atoms with Crippen molar-refractivity contribution < 1.29 is 13.2 Å². The van der Waals surface area contributed by atoms with Crippen molar-refractivity contribution in [3.63, 3.8) is 0 Å². The maximum absolute atomic E-state index is 12.7. The van der Waals surface area contributed by atoms with E-state index >= 15 is 0 Å². The van der Waals surface area contributed by atoms with Gasteiger partial charge in [-0.2, -0.15) is 4.31 Å². The summed E-state index contributed by atoms with van der Waals surface area (Å²) in [6.07, 6.45) is 0.826. The molecule has 5 nitrogen and oxygen atoms in total. The van der Waals surface area contributed by atoms with E-state index in [-0.39, 0.29) is 12.0 Å². The summed E-state index contributed by atoms with van der Waals surface area (Å²) in [7, 11) is -3.44. The Morgan fingerprint density at radius 1 is 1.48 bits per heavy atom. The summed E-state index contributed by atoms with van der Waals surface area (Å²) in [4.78, 5) is 0.328. The van der Waals surface area contributed by atoms with Gasteiger partial charge in [-0.05, 0) is 56.9 Å². The fourth-order valence-corrected chi connectivity index (χ4v) is 4.25. The lowest BCUT2D eigenvalue weighted by Gasteiger charge is -2.19. The monoisotopic (exact) mass is 312 g/mol. The van der Waals surface area contributed by atoms with E-state index in [1.54, 1.807) is 18.2 Å². The molecular formula is C15H24N2O3S. The molecule has 2 unspecified atom stereocenters. The van der Waals surface area contributed by atoms with Crippen molar-refractivity contribution in [2.24, 2.45) is 11.7 Å². The van der Waals surface area contributed by atoms with Crippen LogP contribution in [0.5, 0.6) is 5.75 Å². The molecule has 1 heterocycles. The van der Waals surface area contributed by atoms with Gasteiger partial charge >= 0.3 is 0 Å². The van der Waals surface area contributed by atoms with E-state index in [1.807, 2.05) is 20.8 Å². The molecule has 0 aromatic heterocycles. The lowest BCUT2D eigenvalue weighted by molar-refractivity contribution is 0.337. The van der Waals surface area contributed by atoms with E-state index in [2.05, 4.69) is 0 Å². The highest BCUT2D eigenvalue weighted by Crippen LogP contribution is 2.28. The molecule has 2 N–H and O–H groups in total. The number of sulfonamides is 1. The minimum absolute atomic E-state index is 0.0206. The lowest BCUT2D eigenvalue weighted by atomic mass is 10.0. The zero-order valence-electron chi connectivity index (χ0n) is 12.9. The van der Waals surface area contributed by atoms with Crippen LogP contribution in [0.4, 0.5) is 0 Å². The standard InChI is InChI=1S/C15H24N2O3S/c1-4-20-15-6-5-14(9-11(15)2)21(18,19)17-8-7-13(10-17)12(3)16/h5-6,9,12-13H,4,7-8,10,16H2,1-3H3. The molecule has 1 aromatic rings. The van der Waals surface area contributed by atoms with Crippen LogP contribution >= 0.6 is 0 Å². The van der Waals surface area contributed by atoms with Gasteiger partial charge in [-0.3, -0.25) is 0 Å². The van der Waals surface area contributed by atoms with Gasteiger partial charge < -0.3 is 10.5 Å². The first-order valence-corrected chi connectivity index (χ1v) is 8.79. The van der Waals surface area contributed by atoms with Gasteiger partial charge in [-0.1, -0.05) is 0 Å². The summed E-state index contributed by atoms with van der Waals surface area (Å²) >= 11 is 0. The SMILES string of the molecule is CCOc1ccc(S(=O)(=O)N2CCC(C(C)N)C2)cc1C. The van der Waals surface area contributed by atoms with Gasteiger partial charge in [0.2, 0.25) is 10.0 Å². The van der Waals surface area contributed by atoms with Crippen molar-refractivity contribution in [3.8, 4) is 5.75 Å². The number of hydrogen-bond donors (Lipinski definition) is 1. The smallest absolute Gasteiger partial charge is 0.243 e. The van der Waals surface area contributed by atoms with Crippen LogP contribution in [-0.4, -0.2) is 38.5 Å². The molecule has 1 aliphatic heterocycles. The van der Waals surface area contributed by atoms with Crippen molar-refractivity contribution in [2.45, 2.75) is 38.1 Å². The van der Waals surface area contributed by atoms with E-state index < -0.39 is 10.0 Å². The molecule has 2 atom stereocenters. The minimum atomic E-state index is -3.44. The van der Waals surface area contributed by atoms with Gasteiger partial charge in [0.15, 0.2) is 0 Å². The van der Waals surface area contributed by atoms with Crippen LogP contribution in [0.3, 0.4) is 0 Å². The number of nitrogens with two attached hydrogens (primary N) is 1. The lowest BCUT2D eigenvalue weighted by Crippen LogP contribution is -2.33. The number of hydrogen-bond acceptors (Lipinski definition) is 4. The van der Waals surface area contributed by atoms with Crippen molar-refractivity contribution in [1.82, 2.24) is 4.31 Å². The maximum atomic E-state index is 12.7. The average Bonchev–Trinajstić information content (AvgIpc) is 2.91. The summed E-state index contributed by atoms with van der Waals surface area (Å²) in [5.41, 5.74) is 6.72. The van der Waals surface area contributed by atoms with Crippen LogP contribution in [0.2, 0.25) is 0 Å². The van der Waals surface area contributed by atoms with Gasteiger partial charge in [0.25, 0.3) is 0 Å². The van der Waals surface area contributed by atoms with Crippen LogP contribution in [0.1, 0.15) is 25.8 Å². The molecule has 1 aliphatic rings. The van der Waals surface area contributed by atoms with Crippen molar-refractivity contribution in [3.05, 3.63) is 23.8 Å². The van der Waals surface area contributed by atoms with E-state index in [1.165, 1.54) is 4.31 Å². The Balaban J connectivity index is 2.22. The minimum Gasteiger partial charge on any atom is -0.494 e. The van der Waals surface area contributed by atoms with Crippen LogP contribution in [-0.2, 0) is 10.0 Å². The Hall–Kier alpha value is -1.11. The first-order valence-electron chi connectivity index (χ1n) is 7.35. The topological polar surface area (TPSA) is 72.6 Å². The molecule has 118 valence electrons. The fourth-order valence-electron chi connectivity index (χ4n) is 2.65. The van der Waals surface area contributed by atoms with Crippen molar-refractivity contribution in [2.75, 3.05) is 19.7 Å². The predicted molar refractivity (Wildman–Crippen MR) is 82.9 cm³/mol. The molecule has 6 heteroatoms. The number of benzene rings is 1. The third-order valence-electron chi connectivity index (χ3n) is 4.02. The third kappa shape index (κ3) is 3.39. The Bertz CT molecular complexity index is 599. The van der Waals surface area contributed by atoms with Crippen LogP contribution < -0.4 is 10.5 Å². The second-order valence-corrected chi connectivity index (χ2v) is 7.57. The molecule has 21 heavy (non-hydrogen) atoms. The largest absolute Gasteiger partial charge is 0.494 e. The summed E-state index contributed by atoms with van der Waals surface area (Å²) in [6, 6.07) is 5.05. The summed E-state index contributed by atoms with van der Waals surface area (Å²) in [6.45, 7) is 7.31. The Labute approximate surface area is 127 Å². The number of nitrogens with zero attached hydrogens (tertiary/aromatic N) is 1. The Morgan fingerprint density at radius 2 is 2.19 bits per heavy atom. The third-order valence-corrected chi connectivity index (χ3v) is 5.88. The predicted octanol–water partition coefficient (Wildman–Crippen LogP) is 1.75. The maximum Gasteiger partial charge on any atom is 0.243 e. The quantitative estimate of drug-likeness (QED) is 0.899. The summed E-state index contributed by atoms with van der Waals surface area (Å²) < 4.78 is 32.3. The molecule has 1 aromatic carbocycles. The van der Waals surface area contributed by atoms with Crippen molar-refractivity contribution in [1.29, 1.82) is 0 Å². The van der Waals surface area contributed by atoms with Crippen molar-refractivity contribution >= 4 is 10.0 Å². The van der Waals surface area contributed by atoms with Crippen LogP contribution in [0.15, 0.2) is 23.1 Å². The van der Waals surface area contributed by atoms with Gasteiger partial charge in [0.05, 0.1) is 11.5 Å². The zero-order valence-corrected chi connectivity index (χ0v) is 13.7. The molecule has 0 saturated carbocycles. The average molecular weight is 312 g/mol. The molecule has 0 bridgehead atoms. The second kappa shape index (κ2) is 6.34. The highest BCUT2D eigenvalue weighted by molar-refractivity contribution is 7.89. The molecule has 0 aliphatic carbocycles. The van der Waals surface area contributed by atoms with Crippen LogP contribution in [0.25, 0.3) is 0 Å². The van der Waals surface area contributed by atoms with Crippen LogP contribution in [0, 0.1) is 12.8 Å². The highest BCUT2D eigenvalue weighted by Gasteiger charge is 2.34. The zero-order chi connectivity index (χ0) is 15.6. The van der Waals surface area contributed by atoms with E-state index in [0.717, 1.165) is 17.7 Å². The number of aryl methyl sites for hydroxylation is 1. The molecule has 0 radical (unpaired) electrons. The highest BCUT2D eigenvalue weighted by atomic mass is 32.2. The Kier molecular flexibility index (Phi) is 4.91. The second-order valence-electron chi connectivity index (χ2n) is 5.63.